The second-order valence-electron chi connectivity index (χ2n) is 4.38. The fraction of sp³-hybridized carbons (Fsp3) is 1.00. The molecular formula is C12H25NO2. The van der Waals surface area contributed by atoms with Gasteiger partial charge in [-0.15, -0.1) is 0 Å². The van der Waals surface area contributed by atoms with Crippen LogP contribution in [0.2, 0.25) is 0 Å². The molecule has 15 heavy (non-hydrogen) atoms. The van der Waals surface area contributed by atoms with Crippen LogP contribution in [0.1, 0.15) is 39.5 Å². The molecular weight excluding hydrogens is 190 g/mol. The largest absolute Gasteiger partial charge is 0.382 e. The Balaban J connectivity index is 2.17. The standard InChI is InChI=1S/C12H25NO2/c1-4-13-8-7-12(9-10(2)14-3)15-11-5-6-11/h10-13H,4-9H2,1-3H3. The number of hydrogen-bond acceptors (Lipinski definition) is 3. The van der Waals surface area contributed by atoms with Gasteiger partial charge in [0.05, 0.1) is 18.3 Å². The molecule has 1 aliphatic carbocycles. The summed E-state index contributed by atoms with van der Waals surface area (Å²) in [6.07, 6.45) is 5.82. The first-order chi connectivity index (χ1) is 7.26. The van der Waals surface area contributed by atoms with Crippen molar-refractivity contribution in [3.05, 3.63) is 0 Å². The van der Waals surface area contributed by atoms with Crippen LogP contribution >= 0.6 is 0 Å². The van der Waals surface area contributed by atoms with E-state index in [9.17, 15) is 0 Å². The van der Waals surface area contributed by atoms with Crippen LogP contribution < -0.4 is 5.32 Å². The highest BCUT2D eigenvalue weighted by Crippen LogP contribution is 2.27. The van der Waals surface area contributed by atoms with Crippen LogP contribution in [0.15, 0.2) is 0 Å². The molecule has 0 aromatic carbocycles. The third-order valence-corrected chi connectivity index (χ3v) is 2.80. The number of nitrogens with one attached hydrogen (secondary N) is 1. The molecule has 0 amide bonds. The van der Waals surface area contributed by atoms with Crippen molar-refractivity contribution in [2.75, 3.05) is 20.2 Å². The maximum atomic E-state index is 5.96. The highest BCUT2D eigenvalue weighted by Gasteiger charge is 2.26. The van der Waals surface area contributed by atoms with E-state index in [4.69, 9.17) is 9.47 Å². The van der Waals surface area contributed by atoms with Gasteiger partial charge in [-0.05, 0) is 45.7 Å². The SMILES string of the molecule is CCNCCC(CC(C)OC)OC1CC1. The quantitative estimate of drug-likeness (QED) is 0.596. The molecule has 3 heteroatoms. The molecule has 2 atom stereocenters. The molecule has 1 rings (SSSR count). The summed E-state index contributed by atoms with van der Waals surface area (Å²) in [5.74, 6) is 0. The topological polar surface area (TPSA) is 30.5 Å². The predicted octanol–water partition coefficient (Wildman–Crippen LogP) is 1.96. The third kappa shape index (κ3) is 6.13. The van der Waals surface area contributed by atoms with Crippen molar-refractivity contribution < 1.29 is 9.47 Å². The van der Waals surface area contributed by atoms with Gasteiger partial charge in [0.1, 0.15) is 0 Å². The second kappa shape index (κ2) is 7.20. The van der Waals surface area contributed by atoms with E-state index in [1.54, 1.807) is 7.11 Å². The van der Waals surface area contributed by atoms with E-state index >= 15 is 0 Å². The van der Waals surface area contributed by atoms with Gasteiger partial charge >= 0.3 is 0 Å². The summed E-state index contributed by atoms with van der Waals surface area (Å²) in [6.45, 7) is 6.32. The van der Waals surface area contributed by atoms with Gasteiger partial charge in [-0.1, -0.05) is 6.92 Å². The van der Waals surface area contributed by atoms with Crippen molar-refractivity contribution in [2.45, 2.75) is 57.8 Å². The molecule has 1 aliphatic rings. The summed E-state index contributed by atoms with van der Waals surface area (Å²) in [5.41, 5.74) is 0. The van der Waals surface area contributed by atoms with Gasteiger partial charge in [0.2, 0.25) is 0 Å². The smallest absolute Gasteiger partial charge is 0.0615 e. The maximum Gasteiger partial charge on any atom is 0.0615 e. The Bertz CT molecular complexity index is 160. The van der Waals surface area contributed by atoms with Crippen LogP contribution in [0.4, 0.5) is 0 Å². The summed E-state index contributed by atoms with van der Waals surface area (Å²) in [4.78, 5) is 0. The fourth-order valence-corrected chi connectivity index (χ4v) is 1.62. The zero-order chi connectivity index (χ0) is 11.1. The van der Waals surface area contributed by atoms with Gasteiger partial charge in [-0.25, -0.2) is 0 Å². The molecule has 90 valence electrons. The maximum absolute atomic E-state index is 5.96. The van der Waals surface area contributed by atoms with Gasteiger partial charge in [-0.2, -0.15) is 0 Å². The Morgan fingerprint density at radius 1 is 1.40 bits per heavy atom. The highest BCUT2D eigenvalue weighted by molar-refractivity contribution is 4.77. The molecule has 0 aromatic rings. The Labute approximate surface area is 93.5 Å². The molecule has 0 radical (unpaired) electrons. The molecule has 1 fully saturated rings. The van der Waals surface area contributed by atoms with Gasteiger partial charge < -0.3 is 14.8 Å². The van der Waals surface area contributed by atoms with E-state index in [0.717, 1.165) is 25.9 Å². The summed E-state index contributed by atoms with van der Waals surface area (Å²) >= 11 is 0. The first-order valence-electron chi connectivity index (χ1n) is 6.15. The van der Waals surface area contributed by atoms with E-state index in [1.807, 2.05) is 0 Å². The lowest BCUT2D eigenvalue weighted by Gasteiger charge is -2.21. The molecule has 1 N–H and O–H groups in total. The van der Waals surface area contributed by atoms with E-state index in [2.05, 4.69) is 19.2 Å². The zero-order valence-corrected chi connectivity index (χ0v) is 10.3. The first kappa shape index (κ1) is 12.9. The molecule has 3 nitrogen and oxygen atoms in total. The predicted molar refractivity (Wildman–Crippen MR) is 62.1 cm³/mol. The minimum absolute atomic E-state index is 0.301. The number of rotatable bonds is 9. The minimum Gasteiger partial charge on any atom is -0.382 e. The fourth-order valence-electron chi connectivity index (χ4n) is 1.62. The normalized spacial score (nSPS) is 20.2. The average Bonchev–Trinajstić information content (AvgIpc) is 3.01. The molecule has 0 bridgehead atoms. The van der Waals surface area contributed by atoms with Crippen molar-refractivity contribution in [1.29, 1.82) is 0 Å². The van der Waals surface area contributed by atoms with Crippen LogP contribution in [0.5, 0.6) is 0 Å². The molecule has 2 unspecified atom stereocenters. The molecule has 0 aromatic heterocycles. The summed E-state index contributed by atoms with van der Waals surface area (Å²) in [6, 6.07) is 0. The van der Waals surface area contributed by atoms with Crippen LogP contribution in [0.25, 0.3) is 0 Å². The van der Waals surface area contributed by atoms with Crippen molar-refractivity contribution in [3.8, 4) is 0 Å². The van der Waals surface area contributed by atoms with Crippen molar-refractivity contribution >= 4 is 0 Å². The first-order valence-corrected chi connectivity index (χ1v) is 6.15. The van der Waals surface area contributed by atoms with E-state index in [0.29, 0.717) is 18.3 Å². The Kier molecular flexibility index (Phi) is 6.22. The number of ether oxygens (including phenoxy) is 2. The molecule has 0 heterocycles. The van der Waals surface area contributed by atoms with Crippen molar-refractivity contribution in [3.63, 3.8) is 0 Å². The Morgan fingerprint density at radius 3 is 2.67 bits per heavy atom. The van der Waals surface area contributed by atoms with E-state index in [1.165, 1.54) is 12.8 Å². The van der Waals surface area contributed by atoms with Gasteiger partial charge in [0.15, 0.2) is 0 Å². The number of methoxy groups -OCH3 is 1. The van der Waals surface area contributed by atoms with Gasteiger partial charge in [0, 0.05) is 7.11 Å². The summed E-state index contributed by atoms with van der Waals surface area (Å²) in [7, 11) is 1.77. The lowest BCUT2D eigenvalue weighted by Crippen LogP contribution is -2.26. The second-order valence-corrected chi connectivity index (χ2v) is 4.38. The molecule has 1 saturated carbocycles. The van der Waals surface area contributed by atoms with Crippen LogP contribution in [0, 0.1) is 0 Å². The Morgan fingerprint density at radius 2 is 2.13 bits per heavy atom. The molecule has 0 saturated heterocycles. The summed E-state index contributed by atoms with van der Waals surface area (Å²) in [5, 5.41) is 3.34. The molecule has 0 aliphatic heterocycles. The molecule has 0 spiro atoms. The van der Waals surface area contributed by atoms with Crippen LogP contribution in [-0.4, -0.2) is 38.5 Å². The summed E-state index contributed by atoms with van der Waals surface area (Å²) < 4.78 is 11.2. The Hall–Kier alpha value is -0.120. The zero-order valence-electron chi connectivity index (χ0n) is 10.3. The van der Waals surface area contributed by atoms with Crippen LogP contribution in [-0.2, 0) is 9.47 Å². The lowest BCUT2D eigenvalue weighted by atomic mass is 10.1. The minimum atomic E-state index is 0.301. The highest BCUT2D eigenvalue weighted by atomic mass is 16.5. The monoisotopic (exact) mass is 215 g/mol. The lowest BCUT2D eigenvalue weighted by molar-refractivity contribution is -0.00749. The van der Waals surface area contributed by atoms with Crippen LogP contribution in [0.3, 0.4) is 0 Å². The van der Waals surface area contributed by atoms with Gasteiger partial charge in [0.25, 0.3) is 0 Å². The van der Waals surface area contributed by atoms with E-state index < -0.39 is 0 Å². The van der Waals surface area contributed by atoms with Gasteiger partial charge in [-0.3, -0.25) is 0 Å². The van der Waals surface area contributed by atoms with Crippen molar-refractivity contribution in [2.24, 2.45) is 0 Å². The number of hydrogen-bond donors (Lipinski definition) is 1. The van der Waals surface area contributed by atoms with E-state index in [-0.39, 0.29) is 0 Å². The average molecular weight is 215 g/mol. The third-order valence-electron chi connectivity index (χ3n) is 2.80. The van der Waals surface area contributed by atoms with Crippen molar-refractivity contribution in [1.82, 2.24) is 5.32 Å².